The molecule has 5 nitrogen and oxygen atoms in total. The van der Waals surface area contributed by atoms with E-state index in [2.05, 4.69) is 4.90 Å². The average Bonchev–Trinajstić information content (AvgIpc) is 3.20. The van der Waals surface area contributed by atoms with Crippen LogP contribution in [-0.2, 0) is 22.7 Å². The Morgan fingerprint density at radius 3 is 1.96 bits per heavy atom. The van der Waals surface area contributed by atoms with Crippen LogP contribution in [0.3, 0.4) is 0 Å². The SMILES string of the molecule is OC[C@@H]1[C@@H](OCc2ccccc2)[C@H](OCc2ccccc2)[C@H]2C[C@H](O)CN12. The molecule has 4 rings (SSSR count). The van der Waals surface area contributed by atoms with Gasteiger partial charge in [0.15, 0.2) is 0 Å². The number of rotatable bonds is 7. The molecule has 0 amide bonds. The fraction of sp³-hybridized carbons (Fsp3) is 0.455. The zero-order chi connectivity index (χ0) is 18.6. The number of aliphatic hydroxyl groups excluding tert-OH is 2. The van der Waals surface area contributed by atoms with Crippen LogP contribution in [0.1, 0.15) is 17.5 Å². The smallest absolute Gasteiger partial charge is 0.103 e. The number of aliphatic hydroxyl groups is 2. The minimum atomic E-state index is -0.373. The molecule has 5 heteroatoms. The number of hydrogen-bond acceptors (Lipinski definition) is 5. The molecule has 0 aromatic heterocycles. The van der Waals surface area contributed by atoms with Crippen LogP contribution in [0.15, 0.2) is 60.7 Å². The fourth-order valence-corrected chi connectivity index (χ4v) is 4.35. The highest BCUT2D eigenvalue weighted by molar-refractivity contribution is 5.15. The highest BCUT2D eigenvalue weighted by Gasteiger charge is 2.53. The summed E-state index contributed by atoms with van der Waals surface area (Å²) in [6.07, 6.45) is -0.122. The van der Waals surface area contributed by atoms with Gasteiger partial charge in [0.05, 0.1) is 32.0 Å². The van der Waals surface area contributed by atoms with Gasteiger partial charge in [-0.05, 0) is 17.5 Å². The van der Waals surface area contributed by atoms with Crippen LogP contribution in [-0.4, -0.2) is 58.7 Å². The molecule has 144 valence electrons. The van der Waals surface area contributed by atoms with Gasteiger partial charge in [-0.2, -0.15) is 0 Å². The van der Waals surface area contributed by atoms with Crippen molar-refractivity contribution in [2.45, 2.75) is 50.0 Å². The van der Waals surface area contributed by atoms with E-state index >= 15 is 0 Å². The van der Waals surface area contributed by atoms with Crippen LogP contribution in [0.5, 0.6) is 0 Å². The van der Waals surface area contributed by atoms with Crippen molar-refractivity contribution < 1.29 is 19.7 Å². The fourth-order valence-electron chi connectivity index (χ4n) is 4.35. The summed E-state index contributed by atoms with van der Waals surface area (Å²) in [4.78, 5) is 2.16. The van der Waals surface area contributed by atoms with Crippen molar-refractivity contribution in [3.05, 3.63) is 71.8 Å². The zero-order valence-corrected chi connectivity index (χ0v) is 15.4. The molecular formula is C22H27NO4. The minimum Gasteiger partial charge on any atom is -0.395 e. The highest BCUT2D eigenvalue weighted by atomic mass is 16.5. The monoisotopic (exact) mass is 369 g/mol. The van der Waals surface area contributed by atoms with Gasteiger partial charge in [-0.15, -0.1) is 0 Å². The van der Waals surface area contributed by atoms with Gasteiger partial charge in [0, 0.05) is 12.6 Å². The second-order valence-corrected chi connectivity index (χ2v) is 7.43. The Morgan fingerprint density at radius 1 is 0.852 bits per heavy atom. The van der Waals surface area contributed by atoms with Gasteiger partial charge in [-0.25, -0.2) is 0 Å². The second kappa shape index (κ2) is 8.50. The largest absolute Gasteiger partial charge is 0.395 e. The maximum Gasteiger partial charge on any atom is 0.103 e. The quantitative estimate of drug-likeness (QED) is 0.781. The maximum atomic E-state index is 10.1. The first-order chi connectivity index (χ1) is 13.3. The Morgan fingerprint density at radius 2 is 1.41 bits per heavy atom. The second-order valence-electron chi connectivity index (χ2n) is 7.43. The van der Waals surface area contributed by atoms with Crippen molar-refractivity contribution in [3.63, 3.8) is 0 Å². The van der Waals surface area contributed by atoms with Crippen molar-refractivity contribution in [3.8, 4) is 0 Å². The number of ether oxygens (including phenoxy) is 2. The first kappa shape index (κ1) is 18.6. The Kier molecular flexibility index (Phi) is 5.86. The topological polar surface area (TPSA) is 62.2 Å². The average molecular weight is 369 g/mol. The molecule has 2 heterocycles. The number of benzene rings is 2. The first-order valence-corrected chi connectivity index (χ1v) is 9.62. The standard InChI is InChI=1S/C22H27NO4/c24-13-20-22(27-15-17-9-5-2-6-10-17)21(19-11-18(25)12-23(19)20)26-14-16-7-3-1-4-8-16/h1-10,18-22,24-25H,11-15H2/t18-,19+,20+,21+,22+/m0/s1. The lowest BCUT2D eigenvalue weighted by Gasteiger charge is -2.27. The molecule has 0 aliphatic carbocycles. The van der Waals surface area contributed by atoms with E-state index in [0.29, 0.717) is 26.2 Å². The summed E-state index contributed by atoms with van der Waals surface area (Å²) in [7, 11) is 0. The zero-order valence-electron chi connectivity index (χ0n) is 15.4. The molecule has 2 aliphatic heterocycles. The van der Waals surface area contributed by atoms with Gasteiger partial charge in [0.2, 0.25) is 0 Å². The third-order valence-corrected chi connectivity index (χ3v) is 5.63. The predicted molar refractivity (Wildman–Crippen MR) is 102 cm³/mol. The van der Waals surface area contributed by atoms with Gasteiger partial charge in [-0.3, -0.25) is 4.90 Å². The van der Waals surface area contributed by atoms with Crippen LogP contribution in [0.25, 0.3) is 0 Å². The van der Waals surface area contributed by atoms with Crippen LogP contribution in [0.2, 0.25) is 0 Å². The molecule has 2 N–H and O–H groups in total. The van der Waals surface area contributed by atoms with Crippen LogP contribution >= 0.6 is 0 Å². The van der Waals surface area contributed by atoms with E-state index in [4.69, 9.17) is 9.47 Å². The van der Waals surface area contributed by atoms with Crippen molar-refractivity contribution >= 4 is 0 Å². The molecule has 0 radical (unpaired) electrons. The summed E-state index contributed by atoms with van der Waals surface area (Å²) in [6.45, 7) is 1.53. The van der Waals surface area contributed by atoms with Crippen LogP contribution in [0, 0.1) is 0 Å². The van der Waals surface area contributed by atoms with Crippen molar-refractivity contribution in [1.82, 2.24) is 4.90 Å². The Labute approximate surface area is 160 Å². The lowest BCUT2D eigenvalue weighted by atomic mass is 10.0. The molecule has 0 spiro atoms. The van der Waals surface area contributed by atoms with Crippen molar-refractivity contribution in [1.29, 1.82) is 0 Å². The minimum absolute atomic E-state index is 0.00608. The Balaban J connectivity index is 1.49. The van der Waals surface area contributed by atoms with E-state index in [1.807, 2.05) is 60.7 Å². The van der Waals surface area contributed by atoms with E-state index < -0.39 is 0 Å². The number of fused-ring (bicyclic) bond motifs is 1. The van der Waals surface area contributed by atoms with E-state index in [0.717, 1.165) is 11.1 Å². The third-order valence-electron chi connectivity index (χ3n) is 5.63. The van der Waals surface area contributed by atoms with E-state index in [1.165, 1.54) is 0 Å². The van der Waals surface area contributed by atoms with Crippen molar-refractivity contribution in [2.75, 3.05) is 13.2 Å². The lowest BCUT2D eigenvalue weighted by Crippen LogP contribution is -2.42. The summed E-state index contributed by atoms with van der Waals surface area (Å²) >= 11 is 0. The summed E-state index contributed by atoms with van der Waals surface area (Å²) in [6, 6.07) is 20.0. The molecule has 2 saturated heterocycles. The molecule has 2 aromatic carbocycles. The molecule has 0 bridgehead atoms. The van der Waals surface area contributed by atoms with Crippen molar-refractivity contribution in [2.24, 2.45) is 0 Å². The molecule has 2 fully saturated rings. The number of hydrogen-bond donors (Lipinski definition) is 2. The van der Waals surface area contributed by atoms with Gasteiger partial charge in [0.25, 0.3) is 0 Å². The number of nitrogens with zero attached hydrogens (tertiary/aromatic N) is 1. The molecule has 5 atom stereocenters. The molecular weight excluding hydrogens is 342 g/mol. The lowest BCUT2D eigenvalue weighted by molar-refractivity contribution is -0.0859. The summed E-state index contributed by atoms with van der Waals surface area (Å²) in [5.74, 6) is 0. The van der Waals surface area contributed by atoms with Crippen LogP contribution < -0.4 is 0 Å². The van der Waals surface area contributed by atoms with Gasteiger partial charge >= 0.3 is 0 Å². The van der Waals surface area contributed by atoms with E-state index in [1.54, 1.807) is 0 Å². The van der Waals surface area contributed by atoms with E-state index in [9.17, 15) is 10.2 Å². The summed E-state index contributed by atoms with van der Waals surface area (Å²) in [5, 5.41) is 20.1. The maximum absolute atomic E-state index is 10.1. The van der Waals surface area contributed by atoms with Gasteiger partial charge < -0.3 is 19.7 Å². The summed E-state index contributed by atoms with van der Waals surface area (Å²) in [5.41, 5.74) is 2.21. The molecule has 0 saturated carbocycles. The summed E-state index contributed by atoms with van der Waals surface area (Å²) < 4.78 is 12.6. The van der Waals surface area contributed by atoms with Crippen LogP contribution in [0.4, 0.5) is 0 Å². The molecule has 2 aromatic rings. The van der Waals surface area contributed by atoms with Gasteiger partial charge in [-0.1, -0.05) is 60.7 Å². The first-order valence-electron chi connectivity index (χ1n) is 9.62. The Bertz CT molecular complexity index is 709. The van der Waals surface area contributed by atoms with Gasteiger partial charge in [0.1, 0.15) is 12.2 Å². The molecule has 27 heavy (non-hydrogen) atoms. The van der Waals surface area contributed by atoms with E-state index in [-0.39, 0.29) is 37.0 Å². The predicted octanol–water partition coefficient (Wildman–Crippen LogP) is 1.97. The third kappa shape index (κ3) is 4.08. The molecule has 0 unspecified atom stereocenters. The molecule has 2 aliphatic rings. The Hall–Kier alpha value is -1.76. The highest BCUT2D eigenvalue weighted by Crippen LogP contribution is 2.37. The normalized spacial score (nSPS) is 30.5.